The van der Waals surface area contributed by atoms with E-state index in [1.807, 2.05) is 4.90 Å². The highest BCUT2D eigenvalue weighted by Gasteiger charge is 2.14. The second-order valence-corrected chi connectivity index (χ2v) is 13.8. The largest absolute Gasteiger partial charge is 0.346 e. The standard InChI is InChI=1S/C39H82N6O2/c1-3-5-7-9-11-13-15-17-19-21-25-34-45(35-26-22-20-18-16-14-12-10-8-6-4-2)39(47)37-44-38(46)36-43-33-32-42-30-24-23-29-41-31-27-28-40/h41-43H,3-37,40H2,1-2H3,(H,44,46). The fourth-order valence-corrected chi connectivity index (χ4v) is 6.00. The number of nitrogens with two attached hydrogens (primary N) is 1. The van der Waals surface area contributed by atoms with Gasteiger partial charge in [0, 0.05) is 26.2 Å². The zero-order chi connectivity index (χ0) is 34.3. The normalized spacial score (nSPS) is 11.3. The van der Waals surface area contributed by atoms with Crippen molar-refractivity contribution in [2.45, 2.75) is 174 Å². The number of carbonyl (C=O) groups excluding carboxylic acids is 2. The van der Waals surface area contributed by atoms with Crippen LogP contribution in [-0.4, -0.2) is 82.2 Å². The Hall–Kier alpha value is -1.22. The van der Waals surface area contributed by atoms with Crippen LogP contribution in [0.3, 0.4) is 0 Å². The molecule has 6 N–H and O–H groups in total. The Kier molecular flexibility index (Phi) is 38.2. The predicted octanol–water partition coefficient (Wildman–Crippen LogP) is 7.45. The molecule has 280 valence electrons. The van der Waals surface area contributed by atoms with Gasteiger partial charge in [-0.05, 0) is 58.3 Å². The minimum absolute atomic E-state index is 0.0664. The summed E-state index contributed by atoms with van der Waals surface area (Å²) < 4.78 is 0. The van der Waals surface area contributed by atoms with E-state index in [0.29, 0.717) is 0 Å². The lowest BCUT2D eigenvalue weighted by atomic mass is 10.1. The highest BCUT2D eigenvalue weighted by Crippen LogP contribution is 2.13. The summed E-state index contributed by atoms with van der Waals surface area (Å²) >= 11 is 0. The van der Waals surface area contributed by atoms with Crippen molar-refractivity contribution in [2.24, 2.45) is 5.73 Å². The van der Waals surface area contributed by atoms with Gasteiger partial charge in [0.2, 0.25) is 11.8 Å². The molecule has 0 aliphatic heterocycles. The topological polar surface area (TPSA) is 112 Å². The van der Waals surface area contributed by atoms with Crippen LogP contribution in [0.15, 0.2) is 0 Å². The number of rotatable bonds is 39. The van der Waals surface area contributed by atoms with E-state index < -0.39 is 0 Å². The smallest absolute Gasteiger partial charge is 0.241 e. The summed E-state index contributed by atoms with van der Waals surface area (Å²) in [4.78, 5) is 27.5. The van der Waals surface area contributed by atoms with Crippen molar-refractivity contribution >= 4 is 11.8 Å². The molecule has 0 aliphatic rings. The van der Waals surface area contributed by atoms with Crippen molar-refractivity contribution in [3.05, 3.63) is 0 Å². The minimum atomic E-state index is -0.105. The maximum absolute atomic E-state index is 13.1. The summed E-state index contributed by atoms with van der Waals surface area (Å²) in [6.45, 7) is 11.9. The van der Waals surface area contributed by atoms with E-state index in [4.69, 9.17) is 5.73 Å². The zero-order valence-electron chi connectivity index (χ0n) is 31.6. The van der Waals surface area contributed by atoms with Crippen LogP contribution < -0.4 is 27.0 Å². The maximum Gasteiger partial charge on any atom is 0.241 e. The number of hydrogen-bond acceptors (Lipinski definition) is 6. The number of hydrogen-bond donors (Lipinski definition) is 5. The van der Waals surface area contributed by atoms with Gasteiger partial charge in [0.25, 0.3) is 0 Å². The molecule has 0 saturated carbocycles. The highest BCUT2D eigenvalue weighted by molar-refractivity contribution is 5.85. The Morgan fingerprint density at radius 3 is 1.28 bits per heavy atom. The van der Waals surface area contributed by atoms with Crippen LogP contribution in [0.25, 0.3) is 0 Å². The van der Waals surface area contributed by atoms with Gasteiger partial charge < -0.3 is 31.9 Å². The van der Waals surface area contributed by atoms with E-state index in [-0.39, 0.29) is 24.9 Å². The molecule has 8 heteroatoms. The Bertz CT molecular complexity index is 625. The van der Waals surface area contributed by atoms with E-state index in [1.54, 1.807) is 0 Å². The van der Waals surface area contributed by atoms with Crippen LogP contribution in [-0.2, 0) is 9.59 Å². The third kappa shape index (κ3) is 35.9. The average molecular weight is 667 g/mol. The van der Waals surface area contributed by atoms with E-state index in [1.165, 1.54) is 128 Å². The van der Waals surface area contributed by atoms with Crippen LogP contribution in [0.2, 0.25) is 0 Å². The number of nitrogens with one attached hydrogen (secondary N) is 4. The number of unbranched alkanes of at least 4 members (excludes halogenated alkanes) is 21. The molecule has 0 rings (SSSR count). The van der Waals surface area contributed by atoms with Gasteiger partial charge in [-0.2, -0.15) is 0 Å². The van der Waals surface area contributed by atoms with Gasteiger partial charge in [-0.15, -0.1) is 0 Å². The highest BCUT2D eigenvalue weighted by atomic mass is 16.2. The number of nitrogens with zero attached hydrogens (tertiary/aromatic N) is 1. The Labute approximate surface area is 292 Å². The van der Waals surface area contributed by atoms with Crippen molar-refractivity contribution in [1.82, 2.24) is 26.2 Å². The first kappa shape index (κ1) is 45.8. The molecule has 0 spiro atoms. The van der Waals surface area contributed by atoms with Gasteiger partial charge in [0.15, 0.2) is 0 Å². The van der Waals surface area contributed by atoms with E-state index in [9.17, 15) is 9.59 Å². The fourth-order valence-electron chi connectivity index (χ4n) is 6.00. The van der Waals surface area contributed by atoms with Crippen LogP contribution in [0.5, 0.6) is 0 Å². The molecule has 0 aromatic rings. The van der Waals surface area contributed by atoms with E-state index in [2.05, 4.69) is 35.1 Å². The Morgan fingerprint density at radius 1 is 0.447 bits per heavy atom. The average Bonchev–Trinajstić information content (AvgIpc) is 3.08. The van der Waals surface area contributed by atoms with Crippen molar-refractivity contribution in [2.75, 3.05) is 65.4 Å². The first-order valence-electron chi connectivity index (χ1n) is 20.5. The molecule has 8 nitrogen and oxygen atoms in total. The summed E-state index contributed by atoms with van der Waals surface area (Å²) in [5, 5.41) is 12.9. The summed E-state index contributed by atoms with van der Waals surface area (Å²) in [5.41, 5.74) is 5.50. The second-order valence-electron chi connectivity index (χ2n) is 13.8. The monoisotopic (exact) mass is 667 g/mol. The maximum atomic E-state index is 13.1. The molecule has 0 aromatic carbocycles. The fraction of sp³-hybridized carbons (Fsp3) is 0.949. The number of amides is 2. The van der Waals surface area contributed by atoms with Gasteiger partial charge in [-0.25, -0.2) is 0 Å². The molecule has 0 saturated heterocycles. The van der Waals surface area contributed by atoms with Crippen molar-refractivity contribution < 1.29 is 9.59 Å². The third-order valence-electron chi connectivity index (χ3n) is 9.13. The molecular weight excluding hydrogens is 584 g/mol. The van der Waals surface area contributed by atoms with Crippen molar-refractivity contribution in [1.29, 1.82) is 0 Å². The lowest BCUT2D eigenvalue weighted by Gasteiger charge is -2.23. The lowest BCUT2D eigenvalue weighted by Crippen LogP contribution is -2.44. The third-order valence-corrected chi connectivity index (χ3v) is 9.13. The van der Waals surface area contributed by atoms with Gasteiger partial charge in [0.05, 0.1) is 13.1 Å². The molecule has 0 bridgehead atoms. The predicted molar refractivity (Wildman–Crippen MR) is 204 cm³/mol. The van der Waals surface area contributed by atoms with Gasteiger partial charge >= 0.3 is 0 Å². The minimum Gasteiger partial charge on any atom is -0.346 e. The van der Waals surface area contributed by atoms with Crippen molar-refractivity contribution in [3.8, 4) is 0 Å². The van der Waals surface area contributed by atoms with E-state index >= 15 is 0 Å². The summed E-state index contributed by atoms with van der Waals surface area (Å²) in [6, 6.07) is 0. The molecule has 2 amide bonds. The Morgan fingerprint density at radius 2 is 0.830 bits per heavy atom. The van der Waals surface area contributed by atoms with Crippen LogP contribution in [0.1, 0.15) is 174 Å². The zero-order valence-corrected chi connectivity index (χ0v) is 31.6. The van der Waals surface area contributed by atoms with Gasteiger partial charge in [0.1, 0.15) is 0 Å². The van der Waals surface area contributed by atoms with E-state index in [0.717, 1.165) is 84.5 Å². The quantitative estimate of drug-likeness (QED) is 0.0436. The molecule has 0 radical (unpaired) electrons. The molecule has 0 aliphatic carbocycles. The number of carbonyl (C=O) groups is 2. The lowest BCUT2D eigenvalue weighted by molar-refractivity contribution is -0.132. The molecule has 0 fully saturated rings. The molecule has 0 unspecified atom stereocenters. The van der Waals surface area contributed by atoms with Gasteiger partial charge in [-0.3, -0.25) is 9.59 Å². The summed E-state index contributed by atoms with van der Waals surface area (Å²) in [7, 11) is 0. The molecule has 0 heterocycles. The SMILES string of the molecule is CCCCCCCCCCCCCN(CCCCCCCCCCCCC)C(=O)CNC(=O)CNCCNCCCCNCCCN. The van der Waals surface area contributed by atoms with Crippen LogP contribution in [0, 0.1) is 0 Å². The first-order valence-corrected chi connectivity index (χ1v) is 20.5. The summed E-state index contributed by atoms with van der Waals surface area (Å²) in [5.74, 6) is -0.0389. The Balaban J connectivity index is 4.16. The summed E-state index contributed by atoms with van der Waals surface area (Å²) in [6.07, 6.45) is 32.1. The molecule has 47 heavy (non-hydrogen) atoms. The molecule has 0 aromatic heterocycles. The molecule has 0 atom stereocenters. The van der Waals surface area contributed by atoms with Crippen LogP contribution in [0.4, 0.5) is 0 Å². The van der Waals surface area contributed by atoms with Gasteiger partial charge in [-0.1, -0.05) is 142 Å². The first-order chi connectivity index (χ1) is 23.2. The van der Waals surface area contributed by atoms with Crippen LogP contribution >= 0.6 is 0 Å². The molecular formula is C39H82N6O2. The second kappa shape index (κ2) is 39.2. The van der Waals surface area contributed by atoms with Crippen molar-refractivity contribution in [3.63, 3.8) is 0 Å².